The van der Waals surface area contributed by atoms with Gasteiger partial charge in [-0.15, -0.1) is 0 Å². The molecule has 0 spiro atoms. The zero-order valence-electron chi connectivity index (χ0n) is 34.5. The third-order valence-electron chi connectivity index (χ3n) is 11.0. The second-order valence-corrected chi connectivity index (χ2v) is 17.3. The van der Waals surface area contributed by atoms with Gasteiger partial charge in [0.1, 0.15) is 10.1 Å². The van der Waals surface area contributed by atoms with E-state index in [-0.39, 0.29) is 34.5 Å². The van der Waals surface area contributed by atoms with E-state index < -0.39 is 10.1 Å². The van der Waals surface area contributed by atoms with Crippen LogP contribution in [0.3, 0.4) is 0 Å². The largest absolute Gasteiger partial charge is 1.00 e. The van der Waals surface area contributed by atoms with Gasteiger partial charge in [-0.3, -0.25) is 0 Å². The minimum atomic E-state index is -4.33. The molecule has 1 aromatic carbocycles. The van der Waals surface area contributed by atoms with Crippen molar-refractivity contribution < 1.29 is 42.5 Å². The van der Waals surface area contributed by atoms with Gasteiger partial charge < -0.3 is 4.55 Å². The number of hydrogen-bond donors (Lipinski definition) is 0. The van der Waals surface area contributed by atoms with E-state index in [1.54, 1.807) is 12.1 Å². The van der Waals surface area contributed by atoms with Gasteiger partial charge in [0.15, 0.2) is 0 Å². The Bertz CT molecular complexity index is 917. The first-order valence-electron chi connectivity index (χ1n) is 22.6. The molecule has 0 aliphatic carbocycles. The molecule has 3 nitrogen and oxygen atoms in total. The van der Waals surface area contributed by atoms with E-state index in [2.05, 4.69) is 6.92 Å². The summed E-state index contributed by atoms with van der Waals surface area (Å²) in [5, 5.41) is 0. The number of hydrogen-bond acceptors (Lipinski definition) is 3. The van der Waals surface area contributed by atoms with Crippen molar-refractivity contribution >= 4 is 10.1 Å². The van der Waals surface area contributed by atoms with E-state index in [9.17, 15) is 13.0 Å². The quantitative estimate of drug-likeness (QED) is 0.0382. The van der Waals surface area contributed by atoms with Crippen molar-refractivity contribution in [3.63, 3.8) is 0 Å². The van der Waals surface area contributed by atoms with Gasteiger partial charge in [0.2, 0.25) is 0 Å². The molecule has 0 saturated carbocycles. The Morgan fingerprint density at radius 1 is 0.353 bits per heavy atom. The molecule has 0 bridgehead atoms. The van der Waals surface area contributed by atoms with Crippen LogP contribution in [-0.4, -0.2) is 13.0 Å². The van der Waals surface area contributed by atoms with Gasteiger partial charge in [-0.1, -0.05) is 257 Å². The zero-order chi connectivity index (χ0) is 36.1. The van der Waals surface area contributed by atoms with E-state index in [1.165, 1.54) is 250 Å². The summed E-state index contributed by atoms with van der Waals surface area (Å²) < 4.78 is 33.0. The molecule has 0 N–H and O–H groups in total. The molecule has 0 saturated heterocycles. The van der Waals surface area contributed by atoms with Crippen LogP contribution in [0.5, 0.6) is 0 Å². The van der Waals surface area contributed by atoms with E-state index in [0.717, 1.165) is 18.4 Å². The molecule has 0 heterocycles. The topological polar surface area (TPSA) is 57.2 Å². The standard InChI is InChI=1S/C46H86O3S.Na/c1-2-3-4-5-6-7-8-9-10-11-12-13-14-15-16-17-18-19-20-21-22-23-24-25-26-27-28-29-30-31-32-33-34-35-36-37-38-39-40-45-41-43-46(44-42-45)50(47,48)49;/h41-44H,2-40H2,1H3,(H,47,48,49);/q;+1/p-1. The Kier molecular flexibility index (Phi) is 39.9. The van der Waals surface area contributed by atoms with Gasteiger partial charge >= 0.3 is 29.6 Å². The smallest absolute Gasteiger partial charge is 0.744 e. The van der Waals surface area contributed by atoms with Crippen LogP contribution in [-0.2, 0) is 16.5 Å². The van der Waals surface area contributed by atoms with Crippen molar-refractivity contribution in [2.75, 3.05) is 0 Å². The van der Waals surface area contributed by atoms with Crippen LogP contribution in [0.2, 0.25) is 0 Å². The fourth-order valence-corrected chi connectivity index (χ4v) is 8.06. The second kappa shape index (κ2) is 39.8. The predicted molar refractivity (Wildman–Crippen MR) is 219 cm³/mol. The first-order chi connectivity index (χ1) is 24.5. The van der Waals surface area contributed by atoms with Gasteiger partial charge in [0, 0.05) is 0 Å². The molecular formula is C46H85NaO3S. The number of benzene rings is 1. The summed E-state index contributed by atoms with van der Waals surface area (Å²) in [6.07, 6.45) is 55.3. The van der Waals surface area contributed by atoms with Gasteiger partial charge in [0.25, 0.3) is 0 Å². The Morgan fingerprint density at radius 2 is 0.549 bits per heavy atom. The second-order valence-electron chi connectivity index (χ2n) is 15.9. The summed E-state index contributed by atoms with van der Waals surface area (Å²) in [7, 11) is -4.33. The van der Waals surface area contributed by atoms with Crippen molar-refractivity contribution in [2.45, 2.75) is 262 Å². The first-order valence-corrected chi connectivity index (χ1v) is 24.0. The maximum atomic E-state index is 11.0. The Morgan fingerprint density at radius 3 is 0.745 bits per heavy atom. The van der Waals surface area contributed by atoms with Crippen LogP contribution in [0.4, 0.5) is 0 Å². The monoisotopic (exact) mass is 741 g/mol. The number of rotatable bonds is 40. The van der Waals surface area contributed by atoms with Crippen LogP contribution >= 0.6 is 0 Å². The summed E-state index contributed by atoms with van der Waals surface area (Å²) in [5.74, 6) is 0. The summed E-state index contributed by atoms with van der Waals surface area (Å²) in [6, 6.07) is 6.41. The molecule has 0 aliphatic rings. The summed E-state index contributed by atoms with van der Waals surface area (Å²) in [4.78, 5) is -0.131. The fraction of sp³-hybridized carbons (Fsp3) is 0.870. The molecule has 1 aromatic rings. The van der Waals surface area contributed by atoms with Gasteiger partial charge in [0.05, 0.1) is 4.90 Å². The summed E-state index contributed by atoms with van der Waals surface area (Å²) in [6.45, 7) is 2.30. The Balaban J connectivity index is 0.0000250. The maximum absolute atomic E-state index is 11.0. The van der Waals surface area contributed by atoms with Gasteiger partial charge in [-0.05, 0) is 30.5 Å². The molecular weight excluding hydrogens is 656 g/mol. The van der Waals surface area contributed by atoms with Crippen LogP contribution in [0.25, 0.3) is 0 Å². The van der Waals surface area contributed by atoms with Crippen LogP contribution < -0.4 is 29.6 Å². The van der Waals surface area contributed by atoms with Crippen molar-refractivity contribution in [1.29, 1.82) is 0 Å². The Labute approximate surface area is 342 Å². The molecule has 0 aliphatic heterocycles. The maximum Gasteiger partial charge on any atom is 1.00 e. The molecule has 0 unspecified atom stereocenters. The molecule has 294 valence electrons. The normalized spacial score (nSPS) is 11.6. The molecule has 0 atom stereocenters. The number of unbranched alkanes of at least 4 members (excludes halogenated alkanes) is 37. The van der Waals surface area contributed by atoms with Crippen LogP contribution in [0.15, 0.2) is 29.2 Å². The third kappa shape index (κ3) is 36.9. The molecule has 0 fully saturated rings. The van der Waals surface area contributed by atoms with Crippen molar-refractivity contribution in [2.24, 2.45) is 0 Å². The SMILES string of the molecule is CCCCCCCCCCCCCCCCCCCCCCCCCCCCCCCCCCCCCCCCc1ccc(S(=O)(=O)[O-])cc1.[Na+]. The molecule has 5 heteroatoms. The van der Waals surface area contributed by atoms with Crippen molar-refractivity contribution in [3.8, 4) is 0 Å². The first kappa shape index (κ1) is 51.1. The average Bonchev–Trinajstić information content (AvgIpc) is 3.11. The molecule has 0 radical (unpaired) electrons. The zero-order valence-corrected chi connectivity index (χ0v) is 37.3. The third-order valence-corrected chi connectivity index (χ3v) is 11.9. The van der Waals surface area contributed by atoms with Gasteiger partial charge in [-0.25, -0.2) is 8.42 Å². The van der Waals surface area contributed by atoms with E-state index in [1.807, 2.05) is 0 Å². The van der Waals surface area contributed by atoms with Crippen LogP contribution in [0.1, 0.15) is 256 Å². The molecule has 1 rings (SSSR count). The van der Waals surface area contributed by atoms with E-state index in [0.29, 0.717) is 0 Å². The van der Waals surface area contributed by atoms with Crippen molar-refractivity contribution in [1.82, 2.24) is 0 Å². The van der Waals surface area contributed by atoms with E-state index >= 15 is 0 Å². The summed E-state index contributed by atoms with van der Waals surface area (Å²) >= 11 is 0. The average molecular weight is 741 g/mol. The molecule has 51 heavy (non-hydrogen) atoms. The molecule has 0 aromatic heterocycles. The summed E-state index contributed by atoms with van der Waals surface area (Å²) in [5.41, 5.74) is 1.11. The van der Waals surface area contributed by atoms with Crippen LogP contribution in [0, 0.1) is 0 Å². The van der Waals surface area contributed by atoms with Gasteiger partial charge in [-0.2, -0.15) is 0 Å². The minimum Gasteiger partial charge on any atom is -0.744 e. The molecule has 0 amide bonds. The Hall–Kier alpha value is 0.130. The van der Waals surface area contributed by atoms with E-state index in [4.69, 9.17) is 0 Å². The number of aryl methyl sites for hydroxylation is 1. The fourth-order valence-electron chi connectivity index (χ4n) is 7.59. The van der Waals surface area contributed by atoms with Crippen molar-refractivity contribution in [3.05, 3.63) is 29.8 Å². The minimum absolute atomic E-state index is 0. The predicted octanol–water partition coefficient (Wildman–Crippen LogP) is 13.0.